The van der Waals surface area contributed by atoms with Crippen LogP contribution in [-0.2, 0) is 11.3 Å². The molecule has 1 heterocycles. The highest BCUT2D eigenvalue weighted by Gasteiger charge is 2.42. The number of alkyl halides is 3. The van der Waals surface area contributed by atoms with Gasteiger partial charge in [0, 0.05) is 36.1 Å². The molecule has 0 aliphatic carbocycles. The first kappa shape index (κ1) is 26.7. The molecule has 0 aliphatic heterocycles. The Balaban J connectivity index is 1.66. The lowest BCUT2D eigenvalue weighted by atomic mass is 10.2. The first-order valence-electron chi connectivity index (χ1n) is 10.3. The van der Waals surface area contributed by atoms with Gasteiger partial charge in [0.05, 0.1) is 26.1 Å². The van der Waals surface area contributed by atoms with Crippen LogP contribution in [0.25, 0.3) is 0 Å². The number of methoxy groups -OCH3 is 2. The van der Waals surface area contributed by atoms with Gasteiger partial charge in [-0.2, -0.15) is 13.2 Å². The Hall–Kier alpha value is -4.95. The second-order valence-corrected chi connectivity index (χ2v) is 7.27. The van der Waals surface area contributed by atoms with E-state index in [1.54, 1.807) is 42.5 Å². The first-order chi connectivity index (χ1) is 17.5. The van der Waals surface area contributed by atoms with Gasteiger partial charge < -0.3 is 36.0 Å². The number of urea groups is 1. The number of rotatable bonds is 9. The molecule has 0 saturated carbocycles. The molecule has 5 N–H and O–H groups in total. The second-order valence-electron chi connectivity index (χ2n) is 7.27. The summed E-state index contributed by atoms with van der Waals surface area (Å²) < 4.78 is 47.6. The number of nitrogens with zero attached hydrogens (tertiary/aromatic N) is 2. The monoisotopic (exact) mass is 522 g/mol. The third-order valence-electron chi connectivity index (χ3n) is 4.61. The van der Waals surface area contributed by atoms with Crippen LogP contribution >= 0.6 is 0 Å². The molecule has 196 valence electrons. The minimum atomic E-state index is -5.26. The zero-order chi connectivity index (χ0) is 27.2. The summed E-state index contributed by atoms with van der Waals surface area (Å²) in [6.07, 6.45) is -4.40. The summed E-state index contributed by atoms with van der Waals surface area (Å²) in [7, 11) is 2.95. The quantitative estimate of drug-likeness (QED) is 0.334. The molecule has 15 heteroatoms. The molecule has 0 atom stereocenters. The van der Waals surface area contributed by atoms with Gasteiger partial charge in [-0.1, -0.05) is 17.0 Å². The maximum absolute atomic E-state index is 12.4. The standard InChI is InChI=1S/C22H21F3N6O6/c1-35-15-7-14(8-16(9-15)36-2)29-21(34)28-13-5-3-4-12(6-13)10-27-17-11-31(30-18(17)19(26)32)37-20(33)22(23,24)25/h3-9,11,27H,10H2,1-2H3,(H2,26,32)(H2,28,29,34). The van der Waals surface area contributed by atoms with Crippen molar-refractivity contribution in [3.8, 4) is 11.5 Å². The number of aromatic nitrogens is 2. The fourth-order valence-electron chi connectivity index (χ4n) is 2.98. The fourth-order valence-corrected chi connectivity index (χ4v) is 2.98. The van der Waals surface area contributed by atoms with Crippen molar-refractivity contribution in [3.05, 3.63) is 59.9 Å². The van der Waals surface area contributed by atoms with Crippen LogP contribution in [0, 0.1) is 0 Å². The van der Waals surface area contributed by atoms with E-state index < -0.39 is 29.8 Å². The number of anilines is 3. The lowest BCUT2D eigenvalue weighted by molar-refractivity contribution is -0.201. The number of nitrogens with two attached hydrogens (primary N) is 1. The molecule has 0 saturated heterocycles. The molecule has 37 heavy (non-hydrogen) atoms. The van der Waals surface area contributed by atoms with Gasteiger partial charge in [0.2, 0.25) is 0 Å². The molecule has 0 spiro atoms. The van der Waals surface area contributed by atoms with Gasteiger partial charge in [-0.15, -0.1) is 5.10 Å². The Bertz CT molecular complexity index is 1290. The molecule has 3 amide bonds. The van der Waals surface area contributed by atoms with Crippen molar-refractivity contribution < 1.29 is 41.9 Å². The van der Waals surface area contributed by atoms with Crippen molar-refractivity contribution in [2.45, 2.75) is 12.7 Å². The number of carbonyl (C=O) groups excluding carboxylic acids is 3. The molecule has 0 unspecified atom stereocenters. The zero-order valence-corrected chi connectivity index (χ0v) is 19.4. The second kappa shape index (κ2) is 11.2. The normalized spacial score (nSPS) is 10.8. The largest absolute Gasteiger partial charge is 0.497 e. The Kier molecular flexibility index (Phi) is 8.06. The lowest BCUT2D eigenvalue weighted by Gasteiger charge is -2.12. The Morgan fingerprint density at radius 2 is 1.65 bits per heavy atom. The van der Waals surface area contributed by atoms with E-state index in [4.69, 9.17) is 15.2 Å². The van der Waals surface area contributed by atoms with Gasteiger partial charge in [0.15, 0.2) is 5.69 Å². The molecule has 3 aromatic rings. The van der Waals surface area contributed by atoms with E-state index in [1.807, 2.05) is 0 Å². The molecule has 2 aromatic carbocycles. The number of ether oxygens (including phenoxy) is 2. The van der Waals surface area contributed by atoms with E-state index in [-0.39, 0.29) is 17.1 Å². The van der Waals surface area contributed by atoms with Crippen LogP contribution in [0.2, 0.25) is 0 Å². The molecule has 1 aromatic heterocycles. The van der Waals surface area contributed by atoms with Crippen molar-refractivity contribution in [2.24, 2.45) is 5.73 Å². The maximum Gasteiger partial charge on any atom is 0.493 e. The summed E-state index contributed by atoms with van der Waals surface area (Å²) >= 11 is 0. The van der Waals surface area contributed by atoms with E-state index in [2.05, 4.69) is 25.9 Å². The Labute approximate surface area is 207 Å². The maximum atomic E-state index is 12.4. The predicted molar refractivity (Wildman–Crippen MR) is 124 cm³/mol. The lowest BCUT2D eigenvalue weighted by Crippen LogP contribution is -2.33. The van der Waals surface area contributed by atoms with Crippen LogP contribution in [0.1, 0.15) is 16.1 Å². The highest BCUT2D eigenvalue weighted by molar-refractivity contribution is 6.00. The van der Waals surface area contributed by atoms with Gasteiger partial charge in [-0.25, -0.2) is 9.59 Å². The van der Waals surface area contributed by atoms with Crippen LogP contribution in [0.15, 0.2) is 48.7 Å². The van der Waals surface area contributed by atoms with Crippen LogP contribution in [0.3, 0.4) is 0 Å². The number of benzene rings is 2. The van der Waals surface area contributed by atoms with Crippen molar-refractivity contribution in [1.82, 2.24) is 9.94 Å². The summed E-state index contributed by atoms with van der Waals surface area (Å²) in [4.78, 5) is 39.3. The number of halogens is 3. The van der Waals surface area contributed by atoms with Gasteiger partial charge in [0.1, 0.15) is 11.5 Å². The molecule has 12 nitrogen and oxygen atoms in total. The Morgan fingerprint density at radius 1 is 1.00 bits per heavy atom. The number of hydrogen-bond acceptors (Lipinski definition) is 8. The molecule has 0 fully saturated rings. The van der Waals surface area contributed by atoms with E-state index in [9.17, 15) is 27.6 Å². The van der Waals surface area contributed by atoms with Crippen LogP contribution in [0.4, 0.5) is 35.0 Å². The van der Waals surface area contributed by atoms with Crippen molar-refractivity contribution in [3.63, 3.8) is 0 Å². The molecule has 0 aliphatic rings. The highest BCUT2D eigenvalue weighted by atomic mass is 19.4. The fraction of sp³-hybridized carbons (Fsp3) is 0.182. The predicted octanol–water partition coefficient (Wildman–Crippen LogP) is 2.77. The van der Waals surface area contributed by atoms with Crippen LogP contribution < -0.4 is 36.0 Å². The van der Waals surface area contributed by atoms with Gasteiger partial charge in [0.25, 0.3) is 5.91 Å². The summed E-state index contributed by atoms with van der Waals surface area (Å²) in [5, 5.41) is 11.5. The van der Waals surface area contributed by atoms with Crippen molar-refractivity contribution >= 4 is 35.0 Å². The molecule has 0 radical (unpaired) electrons. The minimum absolute atomic E-state index is 0.0451. The van der Waals surface area contributed by atoms with E-state index in [0.29, 0.717) is 28.4 Å². The summed E-state index contributed by atoms with van der Waals surface area (Å²) in [6, 6.07) is 10.9. The average molecular weight is 522 g/mol. The summed E-state index contributed by atoms with van der Waals surface area (Å²) in [6.45, 7) is 0.0451. The van der Waals surface area contributed by atoms with Crippen LogP contribution in [-0.4, -0.2) is 48.2 Å². The molecule has 3 rings (SSSR count). The van der Waals surface area contributed by atoms with Gasteiger partial charge in [-0.3, -0.25) is 4.79 Å². The average Bonchev–Trinajstić information content (AvgIpc) is 3.25. The highest BCUT2D eigenvalue weighted by Crippen LogP contribution is 2.26. The number of nitrogens with one attached hydrogen (secondary N) is 3. The first-order valence-corrected chi connectivity index (χ1v) is 10.3. The topological polar surface area (TPSA) is 159 Å². The zero-order valence-electron chi connectivity index (χ0n) is 19.4. The summed E-state index contributed by atoms with van der Waals surface area (Å²) in [5.41, 5.74) is 6.13. The van der Waals surface area contributed by atoms with Crippen LogP contribution in [0.5, 0.6) is 11.5 Å². The van der Waals surface area contributed by atoms with Crippen molar-refractivity contribution in [2.75, 3.05) is 30.2 Å². The summed E-state index contributed by atoms with van der Waals surface area (Å²) in [5.74, 6) is -2.63. The molecule has 0 bridgehead atoms. The number of hydrogen-bond donors (Lipinski definition) is 4. The van der Waals surface area contributed by atoms with E-state index in [1.165, 1.54) is 14.2 Å². The minimum Gasteiger partial charge on any atom is -0.497 e. The number of carbonyl (C=O) groups is 3. The smallest absolute Gasteiger partial charge is 0.493 e. The third-order valence-corrected chi connectivity index (χ3v) is 4.61. The van der Waals surface area contributed by atoms with E-state index in [0.717, 1.165) is 6.20 Å². The Morgan fingerprint density at radius 3 is 2.24 bits per heavy atom. The van der Waals surface area contributed by atoms with Gasteiger partial charge in [-0.05, 0) is 17.7 Å². The molecular formula is C22H21F3N6O6. The van der Waals surface area contributed by atoms with E-state index >= 15 is 0 Å². The number of primary amides is 1. The van der Waals surface area contributed by atoms with Gasteiger partial charge >= 0.3 is 18.2 Å². The molecular weight excluding hydrogens is 501 g/mol. The number of amides is 3. The SMILES string of the molecule is COc1cc(NC(=O)Nc2cccc(CNc3cn(OC(=O)C(F)(F)F)nc3C(N)=O)c2)cc(OC)c1. The third kappa shape index (κ3) is 7.27. The van der Waals surface area contributed by atoms with Crippen molar-refractivity contribution in [1.29, 1.82) is 0 Å².